The number of likely N-dealkylation sites (tertiary alicyclic amines) is 1. The Morgan fingerprint density at radius 1 is 1.35 bits per heavy atom. The van der Waals surface area contributed by atoms with Gasteiger partial charge in [-0.15, -0.1) is 0 Å². The van der Waals surface area contributed by atoms with Crippen molar-refractivity contribution in [3.63, 3.8) is 0 Å². The molecule has 1 fully saturated rings. The minimum absolute atomic E-state index is 0.0112. The summed E-state index contributed by atoms with van der Waals surface area (Å²) in [6.45, 7) is 5.06. The van der Waals surface area contributed by atoms with Crippen LogP contribution in [0.1, 0.15) is 24.0 Å². The Morgan fingerprint density at radius 2 is 2.04 bits per heavy atom. The van der Waals surface area contributed by atoms with Crippen LogP contribution in [0.2, 0.25) is 0 Å². The Hall–Kier alpha value is -1.59. The number of nitrogens with one attached hydrogen (secondary N) is 1. The van der Waals surface area contributed by atoms with Gasteiger partial charge < -0.3 is 20.2 Å². The molecule has 0 unspecified atom stereocenters. The molecule has 128 valence electrons. The smallest absolute Gasteiger partial charge is 0.317 e. The maximum atomic E-state index is 12.3. The topological polar surface area (TPSA) is 55.8 Å². The molecule has 0 radical (unpaired) electrons. The van der Waals surface area contributed by atoms with Crippen LogP contribution in [0, 0.1) is 12.3 Å². The molecule has 2 amide bonds. The van der Waals surface area contributed by atoms with Crippen molar-refractivity contribution in [2.45, 2.75) is 26.3 Å². The number of amides is 2. The zero-order chi connectivity index (χ0) is 16.9. The van der Waals surface area contributed by atoms with Crippen molar-refractivity contribution in [3.8, 4) is 0 Å². The number of aliphatic hydroxyl groups excluding tert-OH is 1. The minimum atomic E-state index is -0.0726. The molecule has 1 aromatic rings. The first-order chi connectivity index (χ1) is 10.9. The highest BCUT2D eigenvalue weighted by atomic mass is 16.3. The van der Waals surface area contributed by atoms with Crippen LogP contribution >= 0.6 is 0 Å². The van der Waals surface area contributed by atoms with Gasteiger partial charge in [0.2, 0.25) is 0 Å². The molecular weight excluding hydrogens is 290 g/mol. The number of rotatable bonds is 5. The van der Waals surface area contributed by atoms with Gasteiger partial charge in [-0.05, 0) is 39.4 Å². The summed E-state index contributed by atoms with van der Waals surface area (Å²) in [5.41, 5.74) is 2.25. The van der Waals surface area contributed by atoms with E-state index in [-0.39, 0.29) is 18.1 Å². The first-order valence-electron chi connectivity index (χ1n) is 8.28. The van der Waals surface area contributed by atoms with Crippen LogP contribution in [0.5, 0.6) is 0 Å². The van der Waals surface area contributed by atoms with E-state index in [0.29, 0.717) is 19.6 Å². The Labute approximate surface area is 139 Å². The highest BCUT2D eigenvalue weighted by molar-refractivity contribution is 5.74. The minimum Gasteiger partial charge on any atom is -0.396 e. The van der Waals surface area contributed by atoms with Gasteiger partial charge in [0.25, 0.3) is 0 Å². The average molecular weight is 319 g/mol. The molecule has 1 aromatic carbocycles. The van der Waals surface area contributed by atoms with Crippen LogP contribution in [-0.2, 0) is 6.54 Å². The molecule has 0 atom stereocenters. The van der Waals surface area contributed by atoms with Crippen LogP contribution in [0.3, 0.4) is 0 Å². The van der Waals surface area contributed by atoms with Gasteiger partial charge in [-0.3, -0.25) is 0 Å². The van der Waals surface area contributed by atoms with Crippen molar-refractivity contribution in [3.05, 3.63) is 35.4 Å². The number of hydrogen-bond acceptors (Lipinski definition) is 3. The van der Waals surface area contributed by atoms with Crippen molar-refractivity contribution in [2.75, 3.05) is 40.3 Å². The summed E-state index contributed by atoms with van der Waals surface area (Å²) in [4.78, 5) is 16.3. The van der Waals surface area contributed by atoms with Crippen molar-refractivity contribution in [1.82, 2.24) is 15.1 Å². The van der Waals surface area contributed by atoms with E-state index in [0.717, 1.165) is 24.9 Å². The van der Waals surface area contributed by atoms with Crippen LogP contribution < -0.4 is 5.32 Å². The lowest BCUT2D eigenvalue weighted by Gasteiger charge is -2.42. The third-order valence-electron chi connectivity index (χ3n) is 4.62. The molecule has 0 bridgehead atoms. The number of benzene rings is 1. The van der Waals surface area contributed by atoms with Gasteiger partial charge in [0.1, 0.15) is 0 Å². The summed E-state index contributed by atoms with van der Waals surface area (Å²) < 4.78 is 0. The van der Waals surface area contributed by atoms with Gasteiger partial charge in [-0.2, -0.15) is 0 Å². The zero-order valence-electron chi connectivity index (χ0n) is 14.5. The molecule has 1 heterocycles. The average Bonchev–Trinajstić information content (AvgIpc) is 2.53. The number of hydrogen-bond donors (Lipinski definition) is 2. The number of urea groups is 1. The Bertz CT molecular complexity index is 523. The first kappa shape index (κ1) is 17.8. The molecule has 5 nitrogen and oxygen atoms in total. The van der Waals surface area contributed by atoms with E-state index >= 15 is 0 Å². The van der Waals surface area contributed by atoms with Gasteiger partial charge in [0.15, 0.2) is 0 Å². The van der Waals surface area contributed by atoms with E-state index < -0.39 is 0 Å². The van der Waals surface area contributed by atoms with Crippen LogP contribution in [-0.4, -0.2) is 61.3 Å². The number of carbonyl (C=O) groups is 1. The van der Waals surface area contributed by atoms with Crippen molar-refractivity contribution in [1.29, 1.82) is 0 Å². The fourth-order valence-electron chi connectivity index (χ4n) is 3.33. The Balaban J connectivity index is 1.83. The fourth-order valence-corrected chi connectivity index (χ4v) is 3.33. The second-order valence-electron chi connectivity index (χ2n) is 7.03. The molecular formula is C18H29N3O2. The first-order valence-corrected chi connectivity index (χ1v) is 8.28. The van der Waals surface area contributed by atoms with Gasteiger partial charge >= 0.3 is 6.03 Å². The van der Waals surface area contributed by atoms with E-state index in [1.54, 1.807) is 0 Å². The molecule has 23 heavy (non-hydrogen) atoms. The summed E-state index contributed by atoms with van der Waals surface area (Å²) in [6, 6.07) is 8.16. The van der Waals surface area contributed by atoms with E-state index in [1.807, 2.05) is 31.1 Å². The van der Waals surface area contributed by atoms with Gasteiger partial charge in [-0.25, -0.2) is 4.79 Å². The Morgan fingerprint density at radius 3 is 2.61 bits per heavy atom. The molecule has 2 rings (SSSR count). The van der Waals surface area contributed by atoms with Crippen molar-refractivity contribution in [2.24, 2.45) is 5.41 Å². The van der Waals surface area contributed by atoms with E-state index in [4.69, 9.17) is 0 Å². The van der Waals surface area contributed by atoms with E-state index in [1.165, 1.54) is 5.56 Å². The standard InChI is InChI=1S/C18H29N3O2/c1-15-5-4-6-16(11-15)12-19-17(23)21-9-7-18(14-22,8-10-21)13-20(2)3/h4-6,11,22H,7-10,12-14H2,1-3H3,(H,19,23). The molecule has 0 saturated carbocycles. The lowest BCUT2D eigenvalue weighted by atomic mass is 9.79. The second kappa shape index (κ2) is 7.79. The highest BCUT2D eigenvalue weighted by Gasteiger charge is 2.35. The fraction of sp³-hybridized carbons (Fsp3) is 0.611. The van der Waals surface area contributed by atoms with Crippen LogP contribution in [0.25, 0.3) is 0 Å². The monoisotopic (exact) mass is 319 g/mol. The molecule has 1 saturated heterocycles. The number of nitrogens with zero attached hydrogens (tertiary/aromatic N) is 2. The summed E-state index contributed by atoms with van der Waals surface area (Å²) in [6.07, 6.45) is 1.69. The molecule has 0 spiro atoms. The third-order valence-corrected chi connectivity index (χ3v) is 4.62. The lowest BCUT2D eigenvalue weighted by Crippen LogP contribution is -2.50. The molecule has 1 aliphatic heterocycles. The number of aliphatic hydroxyl groups is 1. The molecule has 2 N–H and O–H groups in total. The highest BCUT2D eigenvalue weighted by Crippen LogP contribution is 2.31. The number of aryl methyl sites for hydroxylation is 1. The normalized spacial score (nSPS) is 17.3. The quantitative estimate of drug-likeness (QED) is 0.871. The van der Waals surface area contributed by atoms with Gasteiger partial charge in [0.05, 0.1) is 6.61 Å². The van der Waals surface area contributed by atoms with E-state index in [9.17, 15) is 9.90 Å². The van der Waals surface area contributed by atoms with Crippen LogP contribution in [0.4, 0.5) is 4.79 Å². The maximum Gasteiger partial charge on any atom is 0.317 e. The SMILES string of the molecule is Cc1cccc(CNC(=O)N2CCC(CO)(CN(C)C)CC2)c1. The zero-order valence-corrected chi connectivity index (χ0v) is 14.5. The molecule has 0 aromatic heterocycles. The van der Waals surface area contributed by atoms with Crippen molar-refractivity contribution < 1.29 is 9.90 Å². The lowest BCUT2D eigenvalue weighted by molar-refractivity contribution is 0.0341. The number of piperidine rings is 1. The van der Waals surface area contributed by atoms with Gasteiger partial charge in [-0.1, -0.05) is 29.8 Å². The molecule has 5 heteroatoms. The summed E-state index contributed by atoms with van der Waals surface area (Å²) in [7, 11) is 4.05. The second-order valence-corrected chi connectivity index (χ2v) is 7.03. The molecule has 1 aliphatic rings. The number of carbonyl (C=O) groups excluding carboxylic acids is 1. The Kier molecular flexibility index (Phi) is 6.02. The van der Waals surface area contributed by atoms with Crippen molar-refractivity contribution >= 4 is 6.03 Å². The van der Waals surface area contributed by atoms with E-state index in [2.05, 4.69) is 29.3 Å². The summed E-state index contributed by atoms with van der Waals surface area (Å²) in [5.74, 6) is 0. The largest absolute Gasteiger partial charge is 0.396 e. The predicted octanol–water partition coefficient (Wildman–Crippen LogP) is 1.84. The van der Waals surface area contributed by atoms with Gasteiger partial charge in [0, 0.05) is 31.6 Å². The summed E-state index contributed by atoms with van der Waals surface area (Å²) in [5, 5.41) is 12.7. The molecule has 0 aliphatic carbocycles. The predicted molar refractivity (Wildman–Crippen MR) is 92.3 cm³/mol. The van der Waals surface area contributed by atoms with Crippen LogP contribution in [0.15, 0.2) is 24.3 Å². The summed E-state index contributed by atoms with van der Waals surface area (Å²) >= 11 is 0. The maximum absolute atomic E-state index is 12.3. The third kappa shape index (κ3) is 4.94.